The third kappa shape index (κ3) is 3.95. The lowest BCUT2D eigenvalue weighted by molar-refractivity contribution is -0.141. The van der Waals surface area contributed by atoms with Crippen LogP contribution in [0, 0.1) is 0 Å². The van der Waals surface area contributed by atoms with Crippen molar-refractivity contribution in [1.29, 1.82) is 0 Å². The summed E-state index contributed by atoms with van der Waals surface area (Å²) in [6, 6.07) is 8.85. The van der Waals surface area contributed by atoms with Crippen LogP contribution in [0.1, 0.15) is 18.4 Å². The van der Waals surface area contributed by atoms with E-state index in [1.54, 1.807) is 0 Å². The zero-order valence-electron chi connectivity index (χ0n) is 12.0. The molecule has 114 valence electrons. The highest BCUT2D eigenvalue weighted by atomic mass is 16.6. The molecule has 0 unspecified atom stereocenters. The van der Waals surface area contributed by atoms with Crippen LogP contribution >= 0.6 is 0 Å². The molecule has 1 amide bonds. The standard InChI is InChI=1S/C15H20N2O4/c1-20-14(18)9-13-12(16)7-8-17(13)15(19)21-10-11-5-3-2-4-6-11/h2-6,12-13H,7-10,16H2,1H3/t12-,13-/m0/s1. The molecule has 1 aliphatic rings. The molecule has 1 aromatic carbocycles. The van der Waals surface area contributed by atoms with E-state index in [-0.39, 0.29) is 31.1 Å². The Morgan fingerprint density at radius 2 is 2.05 bits per heavy atom. The van der Waals surface area contributed by atoms with Gasteiger partial charge in [0.05, 0.1) is 19.6 Å². The third-order valence-corrected chi connectivity index (χ3v) is 3.64. The van der Waals surface area contributed by atoms with E-state index < -0.39 is 6.09 Å². The molecule has 2 atom stereocenters. The molecule has 1 heterocycles. The highest BCUT2D eigenvalue weighted by Gasteiger charge is 2.37. The van der Waals surface area contributed by atoms with Crippen molar-refractivity contribution in [2.75, 3.05) is 13.7 Å². The number of carbonyl (C=O) groups is 2. The van der Waals surface area contributed by atoms with Gasteiger partial charge in [0.2, 0.25) is 0 Å². The van der Waals surface area contributed by atoms with Gasteiger partial charge in [0.15, 0.2) is 0 Å². The Bertz CT molecular complexity index is 492. The molecule has 1 aliphatic heterocycles. The van der Waals surface area contributed by atoms with Crippen molar-refractivity contribution in [3.63, 3.8) is 0 Å². The van der Waals surface area contributed by atoms with Crippen molar-refractivity contribution in [3.05, 3.63) is 35.9 Å². The second-order valence-corrected chi connectivity index (χ2v) is 5.03. The van der Waals surface area contributed by atoms with Gasteiger partial charge in [0.1, 0.15) is 6.61 Å². The van der Waals surface area contributed by atoms with Crippen LogP contribution in [0.15, 0.2) is 30.3 Å². The van der Waals surface area contributed by atoms with Crippen molar-refractivity contribution in [1.82, 2.24) is 4.90 Å². The van der Waals surface area contributed by atoms with Gasteiger partial charge in [0, 0.05) is 12.6 Å². The number of rotatable bonds is 4. The zero-order chi connectivity index (χ0) is 15.2. The first-order chi connectivity index (χ1) is 10.1. The molecule has 1 saturated heterocycles. The fourth-order valence-electron chi connectivity index (χ4n) is 2.42. The molecular weight excluding hydrogens is 272 g/mol. The smallest absolute Gasteiger partial charge is 0.410 e. The maximum Gasteiger partial charge on any atom is 0.410 e. The molecule has 0 saturated carbocycles. The molecule has 0 spiro atoms. The Hall–Kier alpha value is -2.08. The van der Waals surface area contributed by atoms with Crippen molar-refractivity contribution < 1.29 is 19.1 Å². The first-order valence-corrected chi connectivity index (χ1v) is 6.91. The Labute approximate surface area is 123 Å². The van der Waals surface area contributed by atoms with Crippen molar-refractivity contribution in [3.8, 4) is 0 Å². The van der Waals surface area contributed by atoms with Gasteiger partial charge in [0.25, 0.3) is 0 Å². The number of likely N-dealkylation sites (tertiary alicyclic amines) is 1. The summed E-state index contributed by atoms with van der Waals surface area (Å²) in [6.07, 6.45) is 0.306. The minimum Gasteiger partial charge on any atom is -0.469 e. The topological polar surface area (TPSA) is 81.9 Å². The van der Waals surface area contributed by atoms with Crippen LogP contribution in [0.25, 0.3) is 0 Å². The number of benzene rings is 1. The fraction of sp³-hybridized carbons (Fsp3) is 0.467. The second-order valence-electron chi connectivity index (χ2n) is 5.03. The highest BCUT2D eigenvalue weighted by Crippen LogP contribution is 2.21. The van der Waals surface area contributed by atoms with Crippen LogP contribution in [-0.4, -0.2) is 42.7 Å². The van der Waals surface area contributed by atoms with Gasteiger partial charge >= 0.3 is 12.1 Å². The van der Waals surface area contributed by atoms with Gasteiger partial charge in [-0.2, -0.15) is 0 Å². The summed E-state index contributed by atoms with van der Waals surface area (Å²) >= 11 is 0. The van der Waals surface area contributed by atoms with Crippen LogP contribution in [0.3, 0.4) is 0 Å². The van der Waals surface area contributed by atoms with Crippen LogP contribution < -0.4 is 5.73 Å². The van der Waals surface area contributed by atoms with E-state index in [0.29, 0.717) is 13.0 Å². The summed E-state index contributed by atoms with van der Waals surface area (Å²) in [5.41, 5.74) is 6.88. The number of esters is 1. The van der Waals surface area contributed by atoms with E-state index >= 15 is 0 Å². The first kappa shape index (κ1) is 15.3. The van der Waals surface area contributed by atoms with E-state index in [1.807, 2.05) is 30.3 Å². The predicted molar refractivity (Wildman–Crippen MR) is 76.3 cm³/mol. The Morgan fingerprint density at radius 3 is 2.71 bits per heavy atom. The first-order valence-electron chi connectivity index (χ1n) is 6.91. The zero-order valence-corrected chi connectivity index (χ0v) is 12.0. The maximum atomic E-state index is 12.1. The summed E-state index contributed by atoms with van der Waals surface area (Å²) in [6.45, 7) is 0.701. The lowest BCUT2D eigenvalue weighted by Crippen LogP contribution is -2.44. The van der Waals surface area contributed by atoms with Gasteiger partial charge in [-0.3, -0.25) is 4.79 Å². The summed E-state index contributed by atoms with van der Waals surface area (Å²) < 4.78 is 9.93. The molecule has 0 aromatic heterocycles. The Kier molecular flexibility index (Phi) is 5.16. The molecule has 0 bridgehead atoms. The highest BCUT2D eigenvalue weighted by molar-refractivity contribution is 5.73. The molecule has 2 rings (SSSR count). The molecule has 0 radical (unpaired) electrons. The van der Waals surface area contributed by atoms with Crippen molar-refractivity contribution >= 4 is 12.1 Å². The van der Waals surface area contributed by atoms with Crippen LogP contribution in [-0.2, 0) is 20.9 Å². The van der Waals surface area contributed by atoms with Gasteiger partial charge < -0.3 is 20.1 Å². The molecule has 6 heteroatoms. The van der Waals surface area contributed by atoms with Gasteiger partial charge in [-0.25, -0.2) is 4.79 Å². The van der Waals surface area contributed by atoms with E-state index in [9.17, 15) is 9.59 Å². The number of hydrogen-bond acceptors (Lipinski definition) is 5. The van der Waals surface area contributed by atoms with Crippen molar-refractivity contribution in [2.24, 2.45) is 5.73 Å². The molecule has 0 aliphatic carbocycles. The Morgan fingerprint density at radius 1 is 1.33 bits per heavy atom. The van der Waals surface area contributed by atoms with E-state index in [2.05, 4.69) is 4.74 Å². The summed E-state index contributed by atoms with van der Waals surface area (Å²) in [5, 5.41) is 0. The average molecular weight is 292 g/mol. The molecule has 1 fully saturated rings. The number of hydrogen-bond donors (Lipinski definition) is 1. The fourth-order valence-corrected chi connectivity index (χ4v) is 2.42. The molecule has 1 aromatic rings. The molecule has 2 N–H and O–H groups in total. The maximum absolute atomic E-state index is 12.1. The summed E-state index contributed by atoms with van der Waals surface area (Å²) in [4.78, 5) is 25.1. The van der Waals surface area contributed by atoms with E-state index in [4.69, 9.17) is 10.5 Å². The van der Waals surface area contributed by atoms with Crippen LogP contribution in [0.5, 0.6) is 0 Å². The van der Waals surface area contributed by atoms with Gasteiger partial charge in [-0.05, 0) is 12.0 Å². The van der Waals surface area contributed by atoms with E-state index in [1.165, 1.54) is 12.0 Å². The van der Waals surface area contributed by atoms with Crippen LogP contribution in [0.2, 0.25) is 0 Å². The number of carbonyl (C=O) groups excluding carboxylic acids is 2. The summed E-state index contributed by atoms with van der Waals surface area (Å²) in [5.74, 6) is -0.377. The molecular formula is C15H20N2O4. The number of methoxy groups -OCH3 is 1. The van der Waals surface area contributed by atoms with E-state index in [0.717, 1.165) is 5.56 Å². The van der Waals surface area contributed by atoms with Crippen molar-refractivity contribution in [2.45, 2.75) is 31.5 Å². The number of ether oxygens (including phenoxy) is 2. The minimum atomic E-state index is -0.444. The second kappa shape index (κ2) is 7.08. The third-order valence-electron chi connectivity index (χ3n) is 3.64. The van der Waals surface area contributed by atoms with Crippen LogP contribution in [0.4, 0.5) is 4.79 Å². The quantitative estimate of drug-likeness (QED) is 0.846. The van der Waals surface area contributed by atoms with Gasteiger partial charge in [-0.15, -0.1) is 0 Å². The molecule has 6 nitrogen and oxygen atoms in total. The predicted octanol–water partition coefficient (Wildman–Crippen LogP) is 1.29. The number of nitrogens with two attached hydrogens (primary N) is 1. The summed E-state index contributed by atoms with van der Waals surface area (Å²) in [7, 11) is 1.32. The monoisotopic (exact) mass is 292 g/mol. The Balaban J connectivity index is 1.92. The minimum absolute atomic E-state index is 0.0953. The average Bonchev–Trinajstić information content (AvgIpc) is 2.87. The largest absolute Gasteiger partial charge is 0.469 e. The lowest BCUT2D eigenvalue weighted by atomic mass is 10.1. The lowest BCUT2D eigenvalue weighted by Gasteiger charge is -2.25. The SMILES string of the molecule is COC(=O)C[C@H]1[C@@H](N)CCN1C(=O)OCc1ccccc1. The number of nitrogens with zero attached hydrogens (tertiary/aromatic N) is 1. The molecule has 21 heavy (non-hydrogen) atoms. The van der Waals surface area contributed by atoms with Gasteiger partial charge in [-0.1, -0.05) is 30.3 Å². The number of amides is 1. The normalized spacial score (nSPS) is 21.1.